The lowest BCUT2D eigenvalue weighted by molar-refractivity contribution is -0.119. The molecule has 1 atom stereocenters. The predicted octanol–water partition coefficient (Wildman–Crippen LogP) is 3.84. The Hall–Kier alpha value is -1.60. The quantitative estimate of drug-likeness (QED) is 0.743. The Labute approximate surface area is 145 Å². The number of carbonyl (C=O) groups excluding carboxylic acids is 1. The number of anilines is 2. The van der Waals surface area contributed by atoms with E-state index in [4.69, 9.17) is 0 Å². The van der Waals surface area contributed by atoms with Crippen molar-refractivity contribution in [3.63, 3.8) is 0 Å². The maximum absolute atomic E-state index is 11.9. The number of thioether (sulfide) groups is 1. The monoisotopic (exact) mass is 350 g/mol. The van der Waals surface area contributed by atoms with Gasteiger partial charge in [0.2, 0.25) is 11.0 Å². The van der Waals surface area contributed by atoms with E-state index < -0.39 is 0 Å². The van der Waals surface area contributed by atoms with Crippen molar-refractivity contribution < 1.29 is 4.79 Å². The molecule has 0 fully saturated rings. The number of aryl methyl sites for hydroxylation is 1. The van der Waals surface area contributed by atoms with Gasteiger partial charge in [-0.3, -0.25) is 4.79 Å². The molecule has 2 rings (SSSR count). The lowest BCUT2D eigenvalue weighted by Gasteiger charge is -2.16. The third-order valence-electron chi connectivity index (χ3n) is 3.42. The third kappa shape index (κ3) is 5.84. The Morgan fingerprint density at radius 2 is 1.91 bits per heavy atom. The van der Waals surface area contributed by atoms with Crippen molar-refractivity contribution in [2.75, 3.05) is 11.1 Å². The summed E-state index contributed by atoms with van der Waals surface area (Å²) < 4.78 is 0.784. The topological polar surface area (TPSA) is 66.9 Å². The van der Waals surface area contributed by atoms with Gasteiger partial charge >= 0.3 is 0 Å². The Morgan fingerprint density at radius 1 is 1.22 bits per heavy atom. The lowest BCUT2D eigenvalue weighted by Crippen LogP contribution is -2.37. The fourth-order valence-corrected chi connectivity index (χ4v) is 3.25. The zero-order chi connectivity index (χ0) is 16.8. The smallest absolute Gasteiger partial charge is 0.230 e. The molecule has 124 valence electrons. The van der Waals surface area contributed by atoms with Gasteiger partial charge in [-0.2, -0.15) is 0 Å². The first-order chi connectivity index (χ1) is 10.9. The van der Waals surface area contributed by atoms with Crippen LogP contribution in [0, 0.1) is 12.8 Å². The molecule has 2 N–H and O–H groups in total. The highest BCUT2D eigenvalue weighted by molar-refractivity contribution is 8.01. The highest BCUT2D eigenvalue weighted by Gasteiger charge is 2.12. The van der Waals surface area contributed by atoms with Gasteiger partial charge in [-0.15, -0.1) is 10.2 Å². The van der Waals surface area contributed by atoms with Gasteiger partial charge in [-0.05, 0) is 31.9 Å². The van der Waals surface area contributed by atoms with Gasteiger partial charge in [0.25, 0.3) is 0 Å². The van der Waals surface area contributed by atoms with Crippen LogP contribution in [0.15, 0.2) is 28.6 Å². The van der Waals surface area contributed by atoms with Crippen LogP contribution >= 0.6 is 23.1 Å². The zero-order valence-electron chi connectivity index (χ0n) is 13.8. The molecule has 0 aliphatic heterocycles. The molecule has 1 aromatic heterocycles. The molecule has 23 heavy (non-hydrogen) atoms. The van der Waals surface area contributed by atoms with Crippen LogP contribution in [0.1, 0.15) is 26.3 Å². The van der Waals surface area contributed by atoms with Crippen LogP contribution in [0.4, 0.5) is 10.8 Å². The number of nitrogens with zero attached hydrogens (tertiary/aromatic N) is 2. The number of hydrogen-bond acceptors (Lipinski definition) is 6. The van der Waals surface area contributed by atoms with Gasteiger partial charge < -0.3 is 10.6 Å². The Morgan fingerprint density at radius 3 is 2.57 bits per heavy atom. The van der Waals surface area contributed by atoms with Crippen LogP contribution < -0.4 is 10.6 Å². The fraction of sp³-hybridized carbons (Fsp3) is 0.438. The summed E-state index contributed by atoms with van der Waals surface area (Å²) in [4.78, 5) is 11.9. The first kappa shape index (κ1) is 17.7. The molecule has 0 bridgehead atoms. The second kappa shape index (κ2) is 8.31. The Kier molecular flexibility index (Phi) is 6.41. The molecule has 1 heterocycles. The molecule has 0 saturated heterocycles. The average Bonchev–Trinajstić information content (AvgIpc) is 2.95. The van der Waals surface area contributed by atoms with E-state index in [9.17, 15) is 4.79 Å². The first-order valence-electron chi connectivity index (χ1n) is 7.53. The summed E-state index contributed by atoms with van der Waals surface area (Å²) in [5, 5.41) is 15.1. The van der Waals surface area contributed by atoms with E-state index in [0.29, 0.717) is 11.7 Å². The number of amides is 1. The Bertz CT molecular complexity index is 640. The van der Waals surface area contributed by atoms with Gasteiger partial charge in [-0.25, -0.2) is 0 Å². The van der Waals surface area contributed by atoms with Crippen molar-refractivity contribution in [2.24, 2.45) is 5.92 Å². The summed E-state index contributed by atoms with van der Waals surface area (Å²) in [5.41, 5.74) is 2.19. The van der Waals surface area contributed by atoms with E-state index in [-0.39, 0.29) is 11.9 Å². The van der Waals surface area contributed by atoms with Gasteiger partial charge in [-0.1, -0.05) is 54.6 Å². The van der Waals surface area contributed by atoms with Crippen molar-refractivity contribution in [3.05, 3.63) is 29.8 Å². The van der Waals surface area contributed by atoms with Gasteiger partial charge in [0.15, 0.2) is 4.34 Å². The van der Waals surface area contributed by atoms with Gasteiger partial charge in [0.05, 0.1) is 5.75 Å². The van der Waals surface area contributed by atoms with Gasteiger partial charge in [0.1, 0.15) is 0 Å². The maximum atomic E-state index is 11.9. The number of aromatic nitrogens is 2. The summed E-state index contributed by atoms with van der Waals surface area (Å²) in [6.07, 6.45) is 0. The molecule has 0 spiro atoms. The van der Waals surface area contributed by atoms with E-state index in [1.54, 1.807) is 0 Å². The van der Waals surface area contributed by atoms with E-state index in [0.717, 1.165) is 15.2 Å². The fourth-order valence-electron chi connectivity index (χ4n) is 1.67. The molecule has 1 aromatic carbocycles. The normalized spacial score (nSPS) is 12.2. The Balaban J connectivity index is 1.82. The lowest BCUT2D eigenvalue weighted by atomic mass is 10.1. The molecule has 5 nitrogen and oxygen atoms in total. The zero-order valence-corrected chi connectivity index (χ0v) is 15.4. The largest absolute Gasteiger partial charge is 0.353 e. The molecule has 1 unspecified atom stereocenters. The first-order valence-corrected chi connectivity index (χ1v) is 9.33. The number of benzene rings is 1. The predicted molar refractivity (Wildman–Crippen MR) is 97.5 cm³/mol. The SMILES string of the molecule is Cc1ccc(Nc2nnc(SCC(=O)NC(C)C(C)C)s2)cc1. The van der Waals surface area contributed by atoms with Gasteiger partial charge in [0, 0.05) is 11.7 Å². The minimum Gasteiger partial charge on any atom is -0.353 e. The summed E-state index contributed by atoms with van der Waals surface area (Å²) in [6.45, 7) is 8.24. The van der Waals surface area contributed by atoms with Crippen LogP contribution in [0.5, 0.6) is 0 Å². The van der Waals surface area contributed by atoms with Crippen LogP contribution in [0.25, 0.3) is 0 Å². The van der Waals surface area contributed by atoms with Crippen LogP contribution in [0.2, 0.25) is 0 Å². The van der Waals surface area contributed by atoms with E-state index in [1.165, 1.54) is 28.7 Å². The molecule has 2 aromatic rings. The second-order valence-electron chi connectivity index (χ2n) is 5.75. The van der Waals surface area contributed by atoms with E-state index in [1.807, 2.05) is 31.2 Å². The third-order valence-corrected chi connectivity index (χ3v) is 5.40. The number of carbonyl (C=O) groups is 1. The second-order valence-corrected chi connectivity index (χ2v) is 7.95. The molecule has 0 aliphatic carbocycles. The number of nitrogens with one attached hydrogen (secondary N) is 2. The van der Waals surface area contributed by atoms with Crippen molar-refractivity contribution in [1.29, 1.82) is 0 Å². The van der Waals surface area contributed by atoms with E-state index in [2.05, 4.69) is 41.6 Å². The minimum absolute atomic E-state index is 0.0273. The minimum atomic E-state index is 0.0273. The highest BCUT2D eigenvalue weighted by Crippen LogP contribution is 2.27. The number of rotatable bonds is 7. The maximum Gasteiger partial charge on any atom is 0.230 e. The van der Waals surface area contributed by atoms with Crippen molar-refractivity contribution in [2.45, 2.75) is 38.1 Å². The van der Waals surface area contributed by atoms with Crippen LogP contribution in [-0.4, -0.2) is 27.9 Å². The highest BCUT2D eigenvalue weighted by atomic mass is 32.2. The summed E-state index contributed by atoms with van der Waals surface area (Å²) in [5.74, 6) is 0.811. The van der Waals surface area contributed by atoms with Crippen molar-refractivity contribution >= 4 is 39.8 Å². The summed E-state index contributed by atoms with van der Waals surface area (Å²) in [6, 6.07) is 8.27. The summed E-state index contributed by atoms with van der Waals surface area (Å²) in [7, 11) is 0. The van der Waals surface area contributed by atoms with Crippen molar-refractivity contribution in [1.82, 2.24) is 15.5 Å². The van der Waals surface area contributed by atoms with E-state index >= 15 is 0 Å². The summed E-state index contributed by atoms with van der Waals surface area (Å²) >= 11 is 2.86. The molecule has 0 radical (unpaired) electrons. The molecule has 0 saturated carbocycles. The standard InChI is InChI=1S/C16H22N4OS2/c1-10(2)12(4)17-14(21)9-22-16-20-19-15(23-16)18-13-7-5-11(3)6-8-13/h5-8,10,12H,9H2,1-4H3,(H,17,21)(H,18,19). The number of hydrogen-bond donors (Lipinski definition) is 2. The molecule has 0 aliphatic rings. The van der Waals surface area contributed by atoms with Crippen LogP contribution in [-0.2, 0) is 4.79 Å². The van der Waals surface area contributed by atoms with Crippen LogP contribution in [0.3, 0.4) is 0 Å². The molecule has 1 amide bonds. The average molecular weight is 351 g/mol. The van der Waals surface area contributed by atoms with Crippen molar-refractivity contribution in [3.8, 4) is 0 Å². The molecular formula is C16H22N4OS2. The molecule has 7 heteroatoms. The molecular weight excluding hydrogens is 328 g/mol.